The standard InChI is InChI=1S/C17H23N5O3/c1-10(18)11-6-8-22(9-7-11)16(24)13-5-4-12-14(19-13)20(2)17(25)21(3)15(12)23/h4-5,10-11H,6-9,18H2,1-3H3. The highest BCUT2D eigenvalue weighted by atomic mass is 16.2. The quantitative estimate of drug-likeness (QED) is 0.814. The number of hydrogen-bond acceptors (Lipinski definition) is 5. The van der Waals surface area contributed by atoms with Crippen LogP contribution in [0.4, 0.5) is 0 Å². The van der Waals surface area contributed by atoms with Gasteiger partial charge in [0.15, 0.2) is 0 Å². The molecule has 3 heterocycles. The number of nitrogens with zero attached hydrogens (tertiary/aromatic N) is 4. The number of carbonyl (C=O) groups is 1. The molecule has 0 radical (unpaired) electrons. The molecule has 1 amide bonds. The molecule has 0 bridgehead atoms. The molecule has 2 N–H and O–H groups in total. The second-order valence-corrected chi connectivity index (χ2v) is 6.76. The number of amides is 1. The fraction of sp³-hybridized carbons (Fsp3) is 0.529. The summed E-state index contributed by atoms with van der Waals surface area (Å²) in [4.78, 5) is 43.0. The second kappa shape index (κ2) is 6.44. The average molecular weight is 345 g/mol. The molecule has 0 aromatic carbocycles. The second-order valence-electron chi connectivity index (χ2n) is 6.76. The molecule has 1 fully saturated rings. The normalized spacial score (nSPS) is 17.0. The van der Waals surface area contributed by atoms with E-state index >= 15 is 0 Å². The van der Waals surface area contributed by atoms with Crippen molar-refractivity contribution in [3.63, 3.8) is 0 Å². The Labute approximate surface area is 144 Å². The van der Waals surface area contributed by atoms with Crippen LogP contribution >= 0.6 is 0 Å². The van der Waals surface area contributed by atoms with E-state index in [9.17, 15) is 14.4 Å². The first kappa shape index (κ1) is 17.3. The zero-order chi connectivity index (χ0) is 18.3. The minimum atomic E-state index is -0.465. The fourth-order valence-electron chi connectivity index (χ4n) is 3.36. The zero-order valence-corrected chi connectivity index (χ0v) is 14.7. The third kappa shape index (κ3) is 2.97. The maximum Gasteiger partial charge on any atom is 0.332 e. The van der Waals surface area contributed by atoms with Crippen molar-refractivity contribution in [2.24, 2.45) is 25.7 Å². The van der Waals surface area contributed by atoms with Gasteiger partial charge in [-0.05, 0) is 37.8 Å². The first-order chi connectivity index (χ1) is 11.8. The molecule has 2 aromatic rings. The molecular formula is C17H23N5O3. The van der Waals surface area contributed by atoms with Crippen LogP contribution in [0.3, 0.4) is 0 Å². The van der Waals surface area contributed by atoms with Gasteiger partial charge in [-0.2, -0.15) is 0 Å². The van der Waals surface area contributed by atoms with Gasteiger partial charge in [0.25, 0.3) is 11.5 Å². The van der Waals surface area contributed by atoms with E-state index in [1.54, 1.807) is 24.1 Å². The summed E-state index contributed by atoms with van der Waals surface area (Å²) in [7, 11) is 2.96. The number of hydrogen-bond donors (Lipinski definition) is 1. The van der Waals surface area contributed by atoms with E-state index in [1.807, 2.05) is 6.92 Å². The van der Waals surface area contributed by atoms with Gasteiger partial charge in [-0.1, -0.05) is 0 Å². The smallest absolute Gasteiger partial charge is 0.332 e. The van der Waals surface area contributed by atoms with E-state index in [-0.39, 0.29) is 23.3 Å². The van der Waals surface area contributed by atoms with Crippen molar-refractivity contribution in [1.82, 2.24) is 19.0 Å². The summed E-state index contributed by atoms with van der Waals surface area (Å²) in [5, 5.41) is 0.316. The van der Waals surface area contributed by atoms with Gasteiger partial charge >= 0.3 is 5.69 Å². The summed E-state index contributed by atoms with van der Waals surface area (Å²) in [5.74, 6) is 0.246. The molecule has 134 valence electrons. The van der Waals surface area contributed by atoms with E-state index in [0.29, 0.717) is 24.4 Å². The predicted molar refractivity (Wildman–Crippen MR) is 94.5 cm³/mol. The topological polar surface area (TPSA) is 103 Å². The van der Waals surface area contributed by atoms with Gasteiger partial charge in [0.1, 0.15) is 11.3 Å². The monoisotopic (exact) mass is 345 g/mol. The highest BCUT2D eigenvalue weighted by Gasteiger charge is 2.26. The summed E-state index contributed by atoms with van der Waals surface area (Å²) in [5.41, 5.74) is 5.53. The Hall–Kier alpha value is -2.48. The van der Waals surface area contributed by atoms with Crippen LogP contribution in [-0.4, -0.2) is 44.1 Å². The van der Waals surface area contributed by atoms with Crippen molar-refractivity contribution in [1.29, 1.82) is 0 Å². The lowest BCUT2D eigenvalue weighted by Gasteiger charge is -2.33. The largest absolute Gasteiger partial charge is 0.337 e. The average Bonchev–Trinajstić information content (AvgIpc) is 2.63. The number of aryl methyl sites for hydroxylation is 1. The lowest BCUT2D eigenvalue weighted by atomic mass is 9.91. The van der Waals surface area contributed by atoms with E-state index in [0.717, 1.165) is 17.4 Å². The Morgan fingerprint density at radius 3 is 2.44 bits per heavy atom. The number of nitrogens with two attached hydrogens (primary N) is 1. The summed E-state index contributed by atoms with van der Waals surface area (Å²) in [6.45, 7) is 3.27. The molecule has 2 aromatic heterocycles. The number of pyridine rings is 1. The molecule has 25 heavy (non-hydrogen) atoms. The van der Waals surface area contributed by atoms with E-state index in [4.69, 9.17) is 5.73 Å². The Morgan fingerprint density at radius 1 is 1.20 bits per heavy atom. The summed E-state index contributed by atoms with van der Waals surface area (Å²) in [6, 6.07) is 3.24. The molecule has 1 aliphatic rings. The highest BCUT2D eigenvalue weighted by Crippen LogP contribution is 2.21. The van der Waals surface area contributed by atoms with Crippen molar-refractivity contribution in [3.05, 3.63) is 38.7 Å². The Morgan fingerprint density at radius 2 is 1.84 bits per heavy atom. The van der Waals surface area contributed by atoms with Gasteiger partial charge < -0.3 is 10.6 Å². The minimum absolute atomic E-state index is 0.127. The number of aromatic nitrogens is 3. The maximum atomic E-state index is 12.7. The van der Waals surface area contributed by atoms with Crippen LogP contribution in [0.25, 0.3) is 11.0 Å². The molecule has 1 atom stereocenters. The number of carbonyl (C=O) groups excluding carboxylic acids is 1. The predicted octanol–water partition coefficient (Wildman–Crippen LogP) is -0.168. The lowest BCUT2D eigenvalue weighted by Crippen LogP contribution is -2.43. The first-order valence-corrected chi connectivity index (χ1v) is 8.43. The van der Waals surface area contributed by atoms with Crippen LogP contribution in [0, 0.1) is 5.92 Å². The highest BCUT2D eigenvalue weighted by molar-refractivity contribution is 5.94. The van der Waals surface area contributed by atoms with Crippen LogP contribution in [0.1, 0.15) is 30.3 Å². The third-order valence-electron chi connectivity index (χ3n) is 5.09. The third-order valence-corrected chi connectivity index (χ3v) is 5.09. The Bertz CT molecular complexity index is 936. The van der Waals surface area contributed by atoms with Gasteiger partial charge in [-0.3, -0.25) is 18.7 Å². The SMILES string of the molecule is CC(N)C1CCN(C(=O)c2ccc3c(=O)n(C)c(=O)n(C)c3n2)CC1. The molecule has 0 spiro atoms. The van der Waals surface area contributed by atoms with E-state index in [2.05, 4.69) is 4.98 Å². The molecule has 1 unspecified atom stereocenters. The van der Waals surface area contributed by atoms with Crippen molar-refractivity contribution < 1.29 is 4.79 Å². The summed E-state index contributed by atoms with van der Waals surface area (Å²) >= 11 is 0. The van der Waals surface area contributed by atoms with Crippen LogP contribution in [0.2, 0.25) is 0 Å². The Kier molecular flexibility index (Phi) is 4.47. The molecule has 1 aliphatic heterocycles. The van der Waals surface area contributed by atoms with Crippen LogP contribution in [0.15, 0.2) is 21.7 Å². The summed E-state index contributed by atoms with van der Waals surface area (Å²) < 4.78 is 2.32. The van der Waals surface area contributed by atoms with Gasteiger partial charge in [0.05, 0.1) is 5.39 Å². The molecule has 0 saturated carbocycles. The minimum Gasteiger partial charge on any atom is -0.337 e. The lowest BCUT2D eigenvalue weighted by molar-refractivity contribution is 0.0675. The molecule has 3 rings (SSSR count). The fourth-order valence-corrected chi connectivity index (χ4v) is 3.36. The van der Waals surface area contributed by atoms with Crippen molar-refractivity contribution in [2.75, 3.05) is 13.1 Å². The van der Waals surface area contributed by atoms with Crippen molar-refractivity contribution >= 4 is 16.9 Å². The van der Waals surface area contributed by atoms with Crippen molar-refractivity contribution in [2.45, 2.75) is 25.8 Å². The molecule has 0 aliphatic carbocycles. The molecule has 8 heteroatoms. The molecule has 1 saturated heterocycles. The van der Waals surface area contributed by atoms with Gasteiger partial charge in [0.2, 0.25) is 0 Å². The maximum absolute atomic E-state index is 12.7. The van der Waals surface area contributed by atoms with Gasteiger partial charge in [0, 0.05) is 33.2 Å². The number of piperidine rings is 1. The molecular weight excluding hydrogens is 322 g/mol. The van der Waals surface area contributed by atoms with Crippen LogP contribution in [0.5, 0.6) is 0 Å². The Balaban J connectivity index is 1.94. The van der Waals surface area contributed by atoms with Gasteiger partial charge in [-0.15, -0.1) is 0 Å². The van der Waals surface area contributed by atoms with Crippen LogP contribution < -0.4 is 17.0 Å². The van der Waals surface area contributed by atoms with Crippen LogP contribution in [-0.2, 0) is 14.1 Å². The first-order valence-electron chi connectivity index (χ1n) is 8.43. The van der Waals surface area contributed by atoms with E-state index < -0.39 is 11.2 Å². The number of fused-ring (bicyclic) bond motifs is 1. The van der Waals surface area contributed by atoms with E-state index in [1.165, 1.54) is 11.6 Å². The molecule has 8 nitrogen and oxygen atoms in total. The summed E-state index contributed by atoms with van der Waals surface area (Å²) in [6.07, 6.45) is 1.74. The zero-order valence-electron chi connectivity index (χ0n) is 14.7. The van der Waals surface area contributed by atoms with Crippen molar-refractivity contribution in [3.8, 4) is 0 Å². The van der Waals surface area contributed by atoms with Gasteiger partial charge in [-0.25, -0.2) is 9.78 Å². The number of likely N-dealkylation sites (tertiary alicyclic amines) is 1. The number of rotatable bonds is 2.